The van der Waals surface area contributed by atoms with E-state index >= 15 is 0 Å². The van der Waals surface area contributed by atoms with Gasteiger partial charge < -0.3 is 10.1 Å². The molecule has 0 heterocycles. The molecule has 21 heavy (non-hydrogen) atoms. The van der Waals surface area contributed by atoms with E-state index in [0.717, 1.165) is 18.0 Å². The van der Waals surface area contributed by atoms with Gasteiger partial charge >= 0.3 is 0 Å². The number of rotatable bonds is 5. The standard InChI is InChI=1S/C19H25NO/c1-15-5-9-17(10-6-15)20-13-14-21-18-11-7-16(8-12-18)19(2,3)4/h5-12,20H,13-14H2,1-4H3. The van der Waals surface area contributed by atoms with Crippen LogP contribution >= 0.6 is 0 Å². The Morgan fingerprint density at radius 1 is 0.905 bits per heavy atom. The molecule has 0 aliphatic rings. The number of aryl methyl sites for hydroxylation is 1. The average molecular weight is 283 g/mol. The topological polar surface area (TPSA) is 21.3 Å². The Labute approximate surface area is 128 Å². The van der Waals surface area contributed by atoms with Gasteiger partial charge in [-0.15, -0.1) is 0 Å². The van der Waals surface area contributed by atoms with Crippen molar-refractivity contribution in [1.29, 1.82) is 0 Å². The highest BCUT2D eigenvalue weighted by atomic mass is 16.5. The maximum absolute atomic E-state index is 5.76. The van der Waals surface area contributed by atoms with Gasteiger partial charge in [-0.25, -0.2) is 0 Å². The van der Waals surface area contributed by atoms with E-state index in [1.807, 2.05) is 12.1 Å². The van der Waals surface area contributed by atoms with Crippen LogP contribution in [0.25, 0.3) is 0 Å². The minimum atomic E-state index is 0.186. The largest absolute Gasteiger partial charge is 0.492 e. The molecule has 2 aromatic carbocycles. The van der Waals surface area contributed by atoms with E-state index in [1.165, 1.54) is 11.1 Å². The first-order valence-corrected chi connectivity index (χ1v) is 7.49. The zero-order valence-electron chi connectivity index (χ0n) is 13.4. The van der Waals surface area contributed by atoms with Crippen molar-refractivity contribution in [2.45, 2.75) is 33.1 Å². The second-order valence-electron chi connectivity index (χ2n) is 6.42. The molecule has 2 rings (SSSR count). The number of hydrogen-bond donors (Lipinski definition) is 1. The molecule has 2 aromatic rings. The van der Waals surface area contributed by atoms with Gasteiger partial charge in [0.15, 0.2) is 0 Å². The van der Waals surface area contributed by atoms with Gasteiger partial charge in [-0.3, -0.25) is 0 Å². The van der Waals surface area contributed by atoms with Gasteiger partial charge in [-0.1, -0.05) is 50.6 Å². The summed E-state index contributed by atoms with van der Waals surface area (Å²) in [5.74, 6) is 0.925. The molecule has 0 aliphatic carbocycles. The van der Waals surface area contributed by atoms with Gasteiger partial charge in [0.2, 0.25) is 0 Å². The van der Waals surface area contributed by atoms with E-state index in [2.05, 4.69) is 69.4 Å². The van der Waals surface area contributed by atoms with Gasteiger partial charge in [0.05, 0.1) is 0 Å². The molecule has 1 N–H and O–H groups in total. The summed E-state index contributed by atoms with van der Waals surface area (Å²) in [5.41, 5.74) is 3.92. The minimum Gasteiger partial charge on any atom is -0.492 e. The molecule has 112 valence electrons. The number of nitrogens with one attached hydrogen (secondary N) is 1. The lowest BCUT2D eigenvalue weighted by Gasteiger charge is -2.19. The maximum Gasteiger partial charge on any atom is 0.119 e. The summed E-state index contributed by atoms with van der Waals surface area (Å²) >= 11 is 0. The summed E-state index contributed by atoms with van der Waals surface area (Å²) in [6.07, 6.45) is 0. The summed E-state index contributed by atoms with van der Waals surface area (Å²) in [6.45, 7) is 10.2. The predicted molar refractivity (Wildman–Crippen MR) is 90.3 cm³/mol. The highest BCUT2D eigenvalue weighted by Gasteiger charge is 2.12. The van der Waals surface area contributed by atoms with Crippen molar-refractivity contribution < 1.29 is 4.74 Å². The summed E-state index contributed by atoms with van der Waals surface area (Å²) < 4.78 is 5.76. The van der Waals surface area contributed by atoms with Crippen LogP contribution in [-0.4, -0.2) is 13.2 Å². The molecular formula is C19H25NO. The van der Waals surface area contributed by atoms with Crippen molar-refractivity contribution in [1.82, 2.24) is 0 Å². The molecule has 0 fully saturated rings. The monoisotopic (exact) mass is 283 g/mol. The third kappa shape index (κ3) is 4.82. The van der Waals surface area contributed by atoms with Crippen LogP contribution in [0.3, 0.4) is 0 Å². The summed E-state index contributed by atoms with van der Waals surface area (Å²) in [6, 6.07) is 16.8. The van der Waals surface area contributed by atoms with Crippen LogP contribution in [0.5, 0.6) is 5.75 Å². The molecule has 0 unspecified atom stereocenters. The fourth-order valence-corrected chi connectivity index (χ4v) is 2.09. The zero-order valence-corrected chi connectivity index (χ0v) is 13.4. The van der Waals surface area contributed by atoms with Gasteiger partial charge in [0.1, 0.15) is 12.4 Å². The SMILES string of the molecule is Cc1ccc(NCCOc2ccc(C(C)(C)C)cc2)cc1. The van der Waals surface area contributed by atoms with Crippen molar-refractivity contribution in [3.63, 3.8) is 0 Å². The molecule has 0 aliphatic heterocycles. The van der Waals surface area contributed by atoms with Gasteiger partial charge in [0, 0.05) is 12.2 Å². The average Bonchev–Trinajstić information content (AvgIpc) is 2.45. The van der Waals surface area contributed by atoms with Crippen molar-refractivity contribution in [3.05, 3.63) is 59.7 Å². The number of ether oxygens (including phenoxy) is 1. The fourth-order valence-electron chi connectivity index (χ4n) is 2.09. The van der Waals surface area contributed by atoms with E-state index in [9.17, 15) is 0 Å². The molecule has 0 amide bonds. The van der Waals surface area contributed by atoms with Crippen LogP contribution in [0.1, 0.15) is 31.9 Å². The fraction of sp³-hybridized carbons (Fsp3) is 0.368. The Morgan fingerprint density at radius 3 is 2.10 bits per heavy atom. The Bertz CT molecular complexity index is 550. The highest BCUT2D eigenvalue weighted by Crippen LogP contribution is 2.24. The second kappa shape index (κ2) is 6.66. The molecule has 0 saturated carbocycles. The predicted octanol–water partition coefficient (Wildman–Crippen LogP) is 4.78. The lowest BCUT2D eigenvalue weighted by molar-refractivity contribution is 0.332. The van der Waals surface area contributed by atoms with Crippen molar-refractivity contribution in [2.24, 2.45) is 0 Å². The lowest BCUT2D eigenvalue weighted by atomic mass is 9.87. The van der Waals surface area contributed by atoms with Crippen LogP contribution in [0, 0.1) is 6.92 Å². The molecule has 2 nitrogen and oxygen atoms in total. The van der Waals surface area contributed by atoms with Crippen molar-refractivity contribution in [3.8, 4) is 5.75 Å². The quantitative estimate of drug-likeness (QED) is 0.797. The number of anilines is 1. The summed E-state index contributed by atoms with van der Waals surface area (Å²) in [7, 11) is 0. The molecule has 0 aromatic heterocycles. The number of hydrogen-bond acceptors (Lipinski definition) is 2. The molecule has 0 spiro atoms. The number of benzene rings is 2. The van der Waals surface area contributed by atoms with Crippen LogP contribution in [0.2, 0.25) is 0 Å². The van der Waals surface area contributed by atoms with Crippen molar-refractivity contribution in [2.75, 3.05) is 18.5 Å². The lowest BCUT2D eigenvalue weighted by Crippen LogP contribution is -2.12. The summed E-state index contributed by atoms with van der Waals surface area (Å²) in [5, 5.41) is 3.35. The Hall–Kier alpha value is -1.96. The third-order valence-electron chi connectivity index (χ3n) is 3.47. The van der Waals surface area contributed by atoms with E-state index in [-0.39, 0.29) is 5.41 Å². The Morgan fingerprint density at radius 2 is 1.52 bits per heavy atom. The minimum absolute atomic E-state index is 0.186. The van der Waals surface area contributed by atoms with Crippen molar-refractivity contribution >= 4 is 5.69 Å². The van der Waals surface area contributed by atoms with Crippen LogP contribution in [0.15, 0.2) is 48.5 Å². The highest BCUT2D eigenvalue weighted by molar-refractivity contribution is 5.44. The van der Waals surface area contributed by atoms with Gasteiger partial charge in [-0.2, -0.15) is 0 Å². The molecule has 2 heteroatoms. The molecule has 0 saturated heterocycles. The third-order valence-corrected chi connectivity index (χ3v) is 3.47. The van der Waals surface area contributed by atoms with Crippen LogP contribution < -0.4 is 10.1 Å². The van der Waals surface area contributed by atoms with E-state index in [1.54, 1.807) is 0 Å². The van der Waals surface area contributed by atoms with Crippen LogP contribution in [0.4, 0.5) is 5.69 Å². The van der Waals surface area contributed by atoms with E-state index in [0.29, 0.717) is 6.61 Å². The van der Waals surface area contributed by atoms with E-state index < -0.39 is 0 Å². The normalized spacial score (nSPS) is 11.2. The first-order chi connectivity index (χ1) is 9.95. The Kier molecular flexibility index (Phi) is 4.89. The molecule has 0 atom stereocenters. The van der Waals surface area contributed by atoms with E-state index in [4.69, 9.17) is 4.74 Å². The first kappa shape index (κ1) is 15.4. The molecule has 0 bridgehead atoms. The zero-order chi connectivity index (χ0) is 15.3. The Balaban J connectivity index is 1.77. The van der Waals surface area contributed by atoms with Gasteiger partial charge in [-0.05, 0) is 42.2 Å². The molecular weight excluding hydrogens is 258 g/mol. The maximum atomic E-state index is 5.76. The first-order valence-electron chi connectivity index (χ1n) is 7.49. The summed E-state index contributed by atoms with van der Waals surface area (Å²) in [4.78, 5) is 0. The second-order valence-corrected chi connectivity index (χ2v) is 6.42. The molecule has 0 radical (unpaired) electrons. The van der Waals surface area contributed by atoms with Gasteiger partial charge in [0.25, 0.3) is 0 Å². The van der Waals surface area contributed by atoms with Crippen LogP contribution in [-0.2, 0) is 5.41 Å². The smallest absolute Gasteiger partial charge is 0.119 e.